The zero-order valence-corrected chi connectivity index (χ0v) is 11.7. The van der Waals surface area contributed by atoms with E-state index in [1.807, 2.05) is 7.11 Å². The molecule has 1 saturated carbocycles. The topological polar surface area (TPSA) is 24.5 Å². The van der Waals surface area contributed by atoms with Crippen LogP contribution in [0.3, 0.4) is 0 Å². The average Bonchev–Trinajstić information content (AvgIpc) is 3.16. The first-order valence-electron chi connectivity index (χ1n) is 7.84. The van der Waals surface area contributed by atoms with Crippen LogP contribution in [-0.2, 0) is 4.74 Å². The number of hydrogen-bond acceptors (Lipinski definition) is 3. The number of nitrogens with one attached hydrogen (secondary N) is 1. The minimum Gasteiger partial charge on any atom is -0.383 e. The number of piperidine rings is 1. The summed E-state index contributed by atoms with van der Waals surface area (Å²) in [5.74, 6) is 0.979. The van der Waals surface area contributed by atoms with Gasteiger partial charge in [0.1, 0.15) is 0 Å². The monoisotopic (exact) mass is 252 g/mol. The second-order valence-electron chi connectivity index (χ2n) is 6.52. The molecule has 2 atom stereocenters. The number of fused-ring (bicyclic) bond motifs is 2. The van der Waals surface area contributed by atoms with Crippen molar-refractivity contribution in [1.82, 2.24) is 10.2 Å². The summed E-state index contributed by atoms with van der Waals surface area (Å²) in [4.78, 5) is 2.67. The molecule has 3 nitrogen and oxygen atoms in total. The standard InChI is InChI=1S/C15H28N2O/c1-18-9-8-17(15-4-5-15)7-6-12-10-13-2-3-14(11-12)16-13/h12-16H,2-11H2,1H3. The first-order chi connectivity index (χ1) is 8.85. The van der Waals surface area contributed by atoms with Gasteiger partial charge in [0.25, 0.3) is 0 Å². The van der Waals surface area contributed by atoms with Crippen LogP contribution in [0.1, 0.15) is 44.9 Å². The van der Waals surface area contributed by atoms with E-state index in [1.54, 1.807) is 0 Å². The van der Waals surface area contributed by atoms with Gasteiger partial charge in [-0.25, -0.2) is 0 Å². The van der Waals surface area contributed by atoms with Crippen LogP contribution in [-0.4, -0.2) is 49.8 Å². The Balaban J connectivity index is 1.41. The summed E-state index contributed by atoms with van der Waals surface area (Å²) in [6.45, 7) is 3.34. The van der Waals surface area contributed by atoms with Crippen molar-refractivity contribution in [2.75, 3.05) is 26.8 Å². The molecule has 104 valence electrons. The minimum absolute atomic E-state index is 0.849. The van der Waals surface area contributed by atoms with Gasteiger partial charge in [-0.1, -0.05) is 0 Å². The van der Waals surface area contributed by atoms with Gasteiger partial charge in [-0.15, -0.1) is 0 Å². The van der Waals surface area contributed by atoms with Crippen LogP contribution >= 0.6 is 0 Å². The lowest BCUT2D eigenvalue weighted by Gasteiger charge is -2.31. The lowest BCUT2D eigenvalue weighted by molar-refractivity contribution is 0.135. The van der Waals surface area contributed by atoms with Crippen LogP contribution in [0.25, 0.3) is 0 Å². The molecule has 0 aromatic heterocycles. The molecule has 3 aliphatic rings. The molecular weight excluding hydrogens is 224 g/mol. The van der Waals surface area contributed by atoms with Gasteiger partial charge in [0.15, 0.2) is 0 Å². The first kappa shape index (κ1) is 12.9. The summed E-state index contributed by atoms with van der Waals surface area (Å²) < 4.78 is 5.23. The van der Waals surface area contributed by atoms with Crippen molar-refractivity contribution >= 4 is 0 Å². The van der Waals surface area contributed by atoms with Gasteiger partial charge in [0.2, 0.25) is 0 Å². The van der Waals surface area contributed by atoms with Crippen LogP contribution in [0.15, 0.2) is 0 Å². The Labute approximate surface area is 111 Å². The zero-order valence-electron chi connectivity index (χ0n) is 11.7. The molecule has 2 unspecified atom stereocenters. The highest BCUT2D eigenvalue weighted by Gasteiger charge is 2.34. The van der Waals surface area contributed by atoms with E-state index in [-0.39, 0.29) is 0 Å². The summed E-state index contributed by atoms with van der Waals surface area (Å²) in [6, 6.07) is 2.59. The fraction of sp³-hybridized carbons (Fsp3) is 1.00. The third kappa shape index (κ3) is 3.25. The lowest BCUT2D eigenvalue weighted by atomic mass is 9.89. The quantitative estimate of drug-likeness (QED) is 0.750. The Kier molecular flexibility index (Phi) is 4.22. The van der Waals surface area contributed by atoms with E-state index in [0.717, 1.165) is 37.2 Å². The molecule has 3 rings (SSSR count). The molecule has 2 saturated heterocycles. The summed E-state index contributed by atoms with van der Waals surface area (Å²) in [6.07, 6.45) is 9.96. The van der Waals surface area contributed by atoms with Gasteiger partial charge >= 0.3 is 0 Å². The predicted octanol–water partition coefficient (Wildman–Crippen LogP) is 2.02. The predicted molar refractivity (Wildman–Crippen MR) is 73.8 cm³/mol. The molecule has 0 spiro atoms. The third-order valence-corrected chi connectivity index (χ3v) is 5.04. The largest absolute Gasteiger partial charge is 0.383 e. The molecule has 0 amide bonds. The number of rotatable bonds is 7. The zero-order chi connectivity index (χ0) is 12.4. The van der Waals surface area contributed by atoms with Gasteiger partial charge in [0, 0.05) is 31.8 Å². The van der Waals surface area contributed by atoms with Crippen molar-refractivity contribution in [1.29, 1.82) is 0 Å². The molecule has 2 heterocycles. The Morgan fingerprint density at radius 2 is 1.78 bits per heavy atom. The van der Waals surface area contributed by atoms with E-state index in [9.17, 15) is 0 Å². The van der Waals surface area contributed by atoms with Crippen LogP contribution in [0.2, 0.25) is 0 Å². The van der Waals surface area contributed by atoms with E-state index >= 15 is 0 Å². The molecule has 3 heteroatoms. The van der Waals surface area contributed by atoms with E-state index in [1.165, 1.54) is 51.5 Å². The fourth-order valence-corrected chi connectivity index (χ4v) is 3.88. The normalized spacial score (nSPS) is 35.3. The van der Waals surface area contributed by atoms with Gasteiger partial charge in [-0.2, -0.15) is 0 Å². The van der Waals surface area contributed by atoms with Crippen molar-refractivity contribution in [3.63, 3.8) is 0 Å². The summed E-state index contributed by atoms with van der Waals surface area (Å²) >= 11 is 0. The van der Waals surface area contributed by atoms with Crippen LogP contribution in [0.5, 0.6) is 0 Å². The Morgan fingerprint density at radius 1 is 1.06 bits per heavy atom. The molecule has 1 N–H and O–H groups in total. The number of methoxy groups -OCH3 is 1. The van der Waals surface area contributed by atoms with Crippen molar-refractivity contribution in [2.24, 2.45) is 5.92 Å². The molecule has 0 aromatic rings. The van der Waals surface area contributed by atoms with Crippen LogP contribution in [0, 0.1) is 5.92 Å². The smallest absolute Gasteiger partial charge is 0.0589 e. The van der Waals surface area contributed by atoms with E-state index < -0.39 is 0 Å². The number of hydrogen-bond donors (Lipinski definition) is 1. The highest BCUT2D eigenvalue weighted by Crippen LogP contribution is 2.34. The SMILES string of the molecule is COCCN(CCC1CC2CCC(C1)N2)C1CC1. The minimum atomic E-state index is 0.849. The average molecular weight is 252 g/mol. The second-order valence-corrected chi connectivity index (χ2v) is 6.52. The maximum absolute atomic E-state index is 5.23. The number of nitrogens with zero attached hydrogens (tertiary/aromatic N) is 1. The van der Waals surface area contributed by atoms with Crippen LogP contribution < -0.4 is 5.32 Å². The molecule has 0 aromatic carbocycles. The van der Waals surface area contributed by atoms with E-state index in [2.05, 4.69) is 10.2 Å². The van der Waals surface area contributed by atoms with E-state index in [4.69, 9.17) is 4.74 Å². The van der Waals surface area contributed by atoms with Crippen molar-refractivity contribution in [2.45, 2.75) is 63.1 Å². The molecule has 2 bridgehead atoms. The maximum Gasteiger partial charge on any atom is 0.0589 e. The molecule has 1 aliphatic carbocycles. The van der Waals surface area contributed by atoms with Crippen molar-refractivity contribution < 1.29 is 4.74 Å². The van der Waals surface area contributed by atoms with E-state index in [0.29, 0.717) is 0 Å². The molecule has 0 radical (unpaired) electrons. The Bertz CT molecular complexity index is 255. The molecule has 2 aliphatic heterocycles. The highest BCUT2D eigenvalue weighted by atomic mass is 16.5. The van der Waals surface area contributed by atoms with Crippen molar-refractivity contribution in [3.8, 4) is 0 Å². The highest BCUT2D eigenvalue weighted by molar-refractivity contribution is 4.92. The Morgan fingerprint density at radius 3 is 2.39 bits per heavy atom. The summed E-state index contributed by atoms with van der Waals surface area (Å²) in [7, 11) is 1.82. The first-order valence-corrected chi connectivity index (χ1v) is 7.84. The second kappa shape index (κ2) is 5.89. The molecule has 3 fully saturated rings. The summed E-state index contributed by atoms with van der Waals surface area (Å²) in [5.41, 5.74) is 0. The lowest BCUT2D eigenvalue weighted by Crippen LogP contribution is -2.39. The number of ether oxygens (including phenoxy) is 1. The third-order valence-electron chi connectivity index (χ3n) is 5.04. The fourth-order valence-electron chi connectivity index (χ4n) is 3.88. The van der Waals surface area contributed by atoms with Gasteiger partial charge in [-0.05, 0) is 57.4 Å². The summed E-state index contributed by atoms with van der Waals surface area (Å²) in [5, 5.41) is 3.74. The molecule has 18 heavy (non-hydrogen) atoms. The molecular formula is C15H28N2O. The van der Waals surface area contributed by atoms with Gasteiger partial charge in [0.05, 0.1) is 6.61 Å². The van der Waals surface area contributed by atoms with Crippen LogP contribution in [0.4, 0.5) is 0 Å². The van der Waals surface area contributed by atoms with Crippen molar-refractivity contribution in [3.05, 3.63) is 0 Å². The Hall–Kier alpha value is -0.120. The van der Waals surface area contributed by atoms with Gasteiger partial charge in [-0.3, -0.25) is 4.90 Å². The maximum atomic E-state index is 5.23. The van der Waals surface area contributed by atoms with Gasteiger partial charge < -0.3 is 10.1 Å².